The average Bonchev–Trinajstić information content (AvgIpc) is 3.09. The Morgan fingerprint density at radius 2 is 1.70 bits per heavy atom. The maximum atomic E-state index is 12.9. The Labute approximate surface area is 188 Å². The van der Waals surface area contributed by atoms with Crippen LogP contribution in [0.2, 0.25) is 0 Å². The average molecular weight is 443 g/mol. The monoisotopic (exact) mass is 443 g/mol. The van der Waals surface area contributed by atoms with Gasteiger partial charge in [-0.15, -0.1) is 0 Å². The van der Waals surface area contributed by atoms with Crippen molar-refractivity contribution in [3.8, 4) is 5.75 Å². The third kappa shape index (κ3) is 4.33. The van der Waals surface area contributed by atoms with Crippen LogP contribution in [0.3, 0.4) is 0 Å². The van der Waals surface area contributed by atoms with Crippen LogP contribution in [0, 0.1) is 17.0 Å². The molecular weight excluding hydrogens is 426 g/mol. The van der Waals surface area contributed by atoms with Crippen LogP contribution in [0.4, 0.5) is 11.4 Å². The first-order chi connectivity index (χ1) is 15.8. The normalized spacial score (nSPS) is 14.3. The molecule has 4 rings (SSSR count). The highest BCUT2D eigenvalue weighted by molar-refractivity contribution is 6.31. The molecule has 1 aliphatic rings. The van der Waals surface area contributed by atoms with Gasteiger partial charge in [-0.3, -0.25) is 25.1 Å². The number of nitrogens with zero attached hydrogens (tertiary/aromatic N) is 2. The number of carbonyl (C=O) groups excluding carboxylic acids is 3. The Hall–Kier alpha value is -4.79. The highest BCUT2D eigenvalue weighted by Gasteiger charge is 2.35. The number of anilines is 1. The Bertz CT molecular complexity index is 1300. The minimum atomic E-state index is -0.808. The van der Waals surface area contributed by atoms with Gasteiger partial charge in [-0.25, -0.2) is 9.80 Å². The predicted molar refractivity (Wildman–Crippen MR) is 119 cm³/mol. The lowest BCUT2D eigenvalue weighted by Gasteiger charge is -2.14. The summed E-state index contributed by atoms with van der Waals surface area (Å²) in [5, 5.41) is 12.7. The number of nitro groups is 1. The molecule has 0 bridgehead atoms. The molecule has 9 heteroatoms. The topological polar surface area (TPSA) is 119 Å². The van der Waals surface area contributed by atoms with E-state index >= 15 is 0 Å². The number of ether oxygens (including phenoxy) is 1. The first-order valence-electron chi connectivity index (χ1n) is 9.83. The second-order valence-corrected chi connectivity index (χ2v) is 7.18. The molecule has 0 saturated carbocycles. The van der Waals surface area contributed by atoms with Crippen LogP contribution in [0.1, 0.15) is 21.5 Å². The Kier molecular flexibility index (Phi) is 5.69. The molecule has 9 nitrogen and oxygen atoms in total. The molecule has 2 amide bonds. The van der Waals surface area contributed by atoms with Gasteiger partial charge in [-0.2, -0.15) is 0 Å². The fourth-order valence-electron chi connectivity index (χ4n) is 3.22. The van der Waals surface area contributed by atoms with E-state index in [1.54, 1.807) is 42.5 Å². The number of benzene rings is 3. The molecule has 33 heavy (non-hydrogen) atoms. The molecule has 3 aromatic carbocycles. The number of aryl methyl sites for hydroxylation is 1. The Morgan fingerprint density at radius 3 is 2.36 bits per heavy atom. The number of hydrogen-bond donors (Lipinski definition) is 1. The van der Waals surface area contributed by atoms with Crippen LogP contribution in [0.5, 0.6) is 5.75 Å². The van der Waals surface area contributed by atoms with E-state index in [-0.39, 0.29) is 22.4 Å². The van der Waals surface area contributed by atoms with Gasteiger partial charge in [0.15, 0.2) is 0 Å². The summed E-state index contributed by atoms with van der Waals surface area (Å²) in [6, 6.07) is 18.9. The largest absolute Gasteiger partial charge is 0.415 e. The van der Waals surface area contributed by atoms with E-state index in [0.29, 0.717) is 5.69 Å². The molecule has 0 radical (unpaired) electrons. The molecule has 0 aliphatic carbocycles. The van der Waals surface area contributed by atoms with Crippen molar-refractivity contribution in [2.24, 2.45) is 0 Å². The lowest BCUT2D eigenvalue weighted by atomic mass is 10.1. The standard InChI is InChI=1S/C24H17N3O6/c1-15-10-12-16(13-11-15)24(30)33-21-17(6-5-9-20(21)27(31)32)14-19-22(28)25-26(23(19)29)18-7-3-2-4-8-18/h2-14H,1H3,(H,25,28). The van der Waals surface area contributed by atoms with Crippen molar-refractivity contribution >= 4 is 35.2 Å². The molecular formula is C24H17N3O6. The molecule has 0 unspecified atom stereocenters. The van der Waals surface area contributed by atoms with Gasteiger partial charge in [-0.05, 0) is 37.3 Å². The zero-order chi connectivity index (χ0) is 23.5. The van der Waals surface area contributed by atoms with E-state index in [1.165, 1.54) is 36.4 Å². The van der Waals surface area contributed by atoms with Gasteiger partial charge in [0.1, 0.15) is 5.57 Å². The van der Waals surface area contributed by atoms with E-state index in [4.69, 9.17) is 4.74 Å². The second kappa shape index (κ2) is 8.75. The van der Waals surface area contributed by atoms with Crippen molar-refractivity contribution in [2.45, 2.75) is 6.92 Å². The van der Waals surface area contributed by atoms with E-state index < -0.39 is 28.4 Å². The SMILES string of the molecule is Cc1ccc(C(=O)Oc2c(C=C3C(=O)NN(c4ccccc4)C3=O)cccc2[N+](=O)[O-])cc1. The summed E-state index contributed by atoms with van der Waals surface area (Å²) in [4.78, 5) is 48.9. The Morgan fingerprint density at radius 1 is 1.00 bits per heavy atom. The molecule has 164 valence electrons. The number of carbonyl (C=O) groups is 3. The minimum absolute atomic E-state index is 0.0399. The molecule has 3 aromatic rings. The van der Waals surface area contributed by atoms with Gasteiger partial charge < -0.3 is 4.74 Å². The third-order valence-electron chi connectivity index (χ3n) is 4.91. The van der Waals surface area contributed by atoms with E-state index in [9.17, 15) is 24.5 Å². The molecule has 1 fully saturated rings. The first-order valence-corrected chi connectivity index (χ1v) is 9.83. The van der Waals surface area contributed by atoms with Gasteiger partial charge in [-0.1, -0.05) is 48.0 Å². The summed E-state index contributed by atoms with van der Waals surface area (Å²) in [5.41, 5.74) is 3.33. The number of rotatable bonds is 5. The number of amides is 2. The molecule has 0 atom stereocenters. The van der Waals surface area contributed by atoms with Gasteiger partial charge >= 0.3 is 11.7 Å². The predicted octanol–water partition coefficient (Wildman–Crippen LogP) is 3.58. The third-order valence-corrected chi connectivity index (χ3v) is 4.91. The van der Waals surface area contributed by atoms with Crippen molar-refractivity contribution in [2.75, 3.05) is 5.01 Å². The molecule has 1 heterocycles. The van der Waals surface area contributed by atoms with Crippen LogP contribution in [-0.2, 0) is 9.59 Å². The van der Waals surface area contributed by atoms with Gasteiger partial charge in [0.05, 0.1) is 16.2 Å². The molecule has 1 saturated heterocycles. The lowest BCUT2D eigenvalue weighted by molar-refractivity contribution is -0.385. The van der Waals surface area contributed by atoms with Crippen molar-refractivity contribution in [1.82, 2.24) is 5.43 Å². The molecule has 1 aliphatic heterocycles. The van der Waals surface area contributed by atoms with Gasteiger partial charge in [0.2, 0.25) is 5.75 Å². The zero-order valence-corrected chi connectivity index (χ0v) is 17.3. The molecule has 0 aromatic heterocycles. The van der Waals surface area contributed by atoms with Gasteiger partial charge in [0, 0.05) is 11.6 Å². The fraction of sp³-hybridized carbons (Fsp3) is 0.0417. The summed E-state index contributed by atoms with van der Waals surface area (Å²) in [5.74, 6) is -2.50. The minimum Gasteiger partial charge on any atom is -0.415 e. The summed E-state index contributed by atoms with van der Waals surface area (Å²) < 4.78 is 5.37. The quantitative estimate of drug-likeness (QED) is 0.161. The van der Waals surface area contributed by atoms with Crippen molar-refractivity contribution in [1.29, 1.82) is 0 Å². The number of para-hydroxylation sites is 2. The molecule has 0 spiro atoms. The van der Waals surface area contributed by atoms with Crippen LogP contribution in [-0.4, -0.2) is 22.7 Å². The van der Waals surface area contributed by atoms with Gasteiger partial charge in [0.25, 0.3) is 11.8 Å². The summed E-state index contributed by atoms with van der Waals surface area (Å²) >= 11 is 0. The smallest absolute Gasteiger partial charge is 0.343 e. The second-order valence-electron chi connectivity index (χ2n) is 7.18. The number of hydrogen-bond acceptors (Lipinski definition) is 6. The van der Waals surface area contributed by atoms with E-state index in [2.05, 4.69) is 5.43 Å². The van der Waals surface area contributed by atoms with Crippen LogP contribution in [0.25, 0.3) is 6.08 Å². The highest BCUT2D eigenvalue weighted by Crippen LogP contribution is 2.34. The highest BCUT2D eigenvalue weighted by atomic mass is 16.6. The summed E-state index contributed by atoms with van der Waals surface area (Å²) in [7, 11) is 0. The van der Waals surface area contributed by atoms with Crippen molar-refractivity contribution in [3.05, 3.63) is 105 Å². The van der Waals surface area contributed by atoms with Crippen molar-refractivity contribution in [3.63, 3.8) is 0 Å². The zero-order valence-electron chi connectivity index (χ0n) is 17.3. The number of nitrogens with one attached hydrogen (secondary N) is 1. The van der Waals surface area contributed by atoms with Crippen LogP contribution < -0.4 is 15.2 Å². The summed E-state index contributed by atoms with van der Waals surface area (Å²) in [6.45, 7) is 1.85. The van der Waals surface area contributed by atoms with E-state index in [0.717, 1.165) is 10.6 Å². The number of hydrazine groups is 1. The lowest BCUT2D eigenvalue weighted by Crippen LogP contribution is -2.35. The van der Waals surface area contributed by atoms with Crippen molar-refractivity contribution < 1.29 is 24.0 Å². The van der Waals surface area contributed by atoms with Crippen LogP contribution >= 0.6 is 0 Å². The van der Waals surface area contributed by atoms with E-state index in [1.807, 2.05) is 6.92 Å². The Balaban J connectivity index is 1.73. The number of esters is 1. The maximum Gasteiger partial charge on any atom is 0.343 e. The van der Waals surface area contributed by atoms with Crippen LogP contribution in [0.15, 0.2) is 78.4 Å². The molecule has 1 N–H and O–H groups in total. The maximum absolute atomic E-state index is 12.9. The number of nitro benzene ring substituents is 1. The fourth-order valence-corrected chi connectivity index (χ4v) is 3.22. The summed E-state index contributed by atoms with van der Waals surface area (Å²) in [6.07, 6.45) is 1.17. The first kappa shape index (κ1) is 21.4.